The summed E-state index contributed by atoms with van der Waals surface area (Å²) in [5.41, 5.74) is 7.36. The normalized spacial score (nSPS) is 15.2. The number of nitrogens with zero attached hydrogens (tertiary/aromatic N) is 2. The molecule has 0 saturated carbocycles. The first kappa shape index (κ1) is 19.3. The van der Waals surface area contributed by atoms with Gasteiger partial charge in [0.15, 0.2) is 0 Å². The van der Waals surface area contributed by atoms with Crippen LogP contribution in [0, 0.1) is 59.9 Å². The fourth-order valence-electron chi connectivity index (χ4n) is 3.61. The van der Waals surface area contributed by atoms with Crippen molar-refractivity contribution in [3.63, 3.8) is 0 Å². The van der Waals surface area contributed by atoms with Crippen molar-refractivity contribution in [2.75, 3.05) is 0 Å². The number of aliphatic imine (C=N–C) groups is 1. The molecule has 1 N–H and O–H groups in total. The van der Waals surface area contributed by atoms with Crippen molar-refractivity contribution in [1.82, 2.24) is 0 Å². The third-order valence-electron chi connectivity index (χ3n) is 4.88. The van der Waals surface area contributed by atoms with E-state index < -0.39 is 0 Å². The molecule has 138 valence electrons. The Hall–Kier alpha value is -1.42. The second-order valence-electron chi connectivity index (χ2n) is 6.49. The molecule has 0 amide bonds. The third-order valence-corrected chi connectivity index (χ3v) is 4.88. The van der Waals surface area contributed by atoms with Gasteiger partial charge >= 0.3 is 0 Å². The smallest absolute Gasteiger partial charge is 0.0858 e. The Morgan fingerprint density at radius 1 is 1.00 bits per heavy atom. The first-order chi connectivity index (χ1) is 12.2. The van der Waals surface area contributed by atoms with Crippen molar-refractivity contribution in [1.29, 1.82) is 0 Å². The Kier molecular flexibility index (Phi) is 6.01. The van der Waals surface area contributed by atoms with Crippen LogP contribution in [0.2, 0.25) is 0 Å². The minimum Gasteiger partial charge on any atom is -0.411 e. The van der Waals surface area contributed by atoms with Crippen LogP contribution in [0.5, 0.6) is 0 Å². The second kappa shape index (κ2) is 8.08. The number of hydrogen-bond donors (Lipinski definition) is 1. The molecular weight excluding hydrogens is 481 g/mol. The summed E-state index contributed by atoms with van der Waals surface area (Å²) in [5, 5.41) is 14.9. The topological polar surface area (TPSA) is 45.0 Å². The van der Waals surface area contributed by atoms with Crippen LogP contribution in [0.4, 0.5) is 5.69 Å². The van der Waals surface area contributed by atoms with Gasteiger partial charge in [-0.15, -0.1) is 45.7 Å². The maximum atomic E-state index is 9.11. The molecule has 0 heterocycles. The predicted molar refractivity (Wildman–Crippen MR) is 102 cm³/mol. The van der Waals surface area contributed by atoms with Gasteiger partial charge in [-0.05, 0) is 25.8 Å². The molecule has 1 aliphatic rings. The SMILES string of the molecule is C/C(=N/O)c1ccccc1N=C1Cc2c(C)[c-]c3ccccc3c2C1.[Yb]. The third kappa shape index (κ3) is 3.53. The van der Waals surface area contributed by atoms with Crippen LogP contribution < -0.4 is 0 Å². The number of rotatable bonds is 2. The van der Waals surface area contributed by atoms with Crippen LogP contribution in [0.25, 0.3) is 10.8 Å². The Morgan fingerprint density at radius 2 is 1.69 bits per heavy atom. The van der Waals surface area contributed by atoms with Gasteiger partial charge in [0.2, 0.25) is 0 Å². The summed E-state index contributed by atoms with van der Waals surface area (Å²) in [6, 6.07) is 19.7. The summed E-state index contributed by atoms with van der Waals surface area (Å²) in [5.74, 6) is 0. The quantitative estimate of drug-likeness (QED) is 0.229. The summed E-state index contributed by atoms with van der Waals surface area (Å²) < 4.78 is 0. The number of fused-ring (bicyclic) bond motifs is 3. The van der Waals surface area contributed by atoms with Crippen LogP contribution in [-0.4, -0.2) is 16.6 Å². The first-order valence-electron chi connectivity index (χ1n) is 8.44. The van der Waals surface area contributed by atoms with Crippen molar-refractivity contribution in [3.8, 4) is 0 Å². The second-order valence-corrected chi connectivity index (χ2v) is 6.49. The maximum absolute atomic E-state index is 9.11. The zero-order chi connectivity index (χ0) is 17.4. The van der Waals surface area contributed by atoms with Crippen molar-refractivity contribution in [3.05, 3.63) is 76.9 Å². The summed E-state index contributed by atoms with van der Waals surface area (Å²) >= 11 is 0. The Labute approximate surface area is 192 Å². The van der Waals surface area contributed by atoms with Gasteiger partial charge in [-0.25, -0.2) is 0 Å². The van der Waals surface area contributed by atoms with Crippen molar-refractivity contribution < 1.29 is 52.1 Å². The van der Waals surface area contributed by atoms with E-state index in [9.17, 15) is 0 Å². The average Bonchev–Trinajstić information content (AvgIpc) is 3.06. The van der Waals surface area contributed by atoms with E-state index >= 15 is 0 Å². The molecule has 0 spiro atoms. The zero-order valence-corrected chi connectivity index (χ0v) is 16.4. The van der Waals surface area contributed by atoms with Gasteiger partial charge in [-0.1, -0.05) is 42.4 Å². The average molecular weight is 500 g/mol. The van der Waals surface area contributed by atoms with E-state index in [1.165, 1.54) is 27.5 Å². The van der Waals surface area contributed by atoms with Crippen molar-refractivity contribution in [2.24, 2.45) is 10.1 Å². The maximum Gasteiger partial charge on any atom is 0.0858 e. The van der Waals surface area contributed by atoms with Crippen molar-refractivity contribution >= 4 is 27.9 Å². The Balaban J connectivity index is 0.00000196. The van der Waals surface area contributed by atoms with Crippen LogP contribution >= 0.6 is 0 Å². The summed E-state index contributed by atoms with van der Waals surface area (Å²) in [4.78, 5) is 4.90. The van der Waals surface area contributed by atoms with E-state index in [1.807, 2.05) is 24.3 Å². The molecule has 3 aromatic rings. The van der Waals surface area contributed by atoms with Crippen molar-refractivity contribution in [2.45, 2.75) is 26.7 Å². The van der Waals surface area contributed by atoms with E-state index in [0.717, 1.165) is 29.8 Å². The van der Waals surface area contributed by atoms with Gasteiger partial charge in [-0.2, -0.15) is 0 Å². The molecule has 3 aromatic carbocycles. The molecule has 26 heavy (non-hydrogen) atoms. The molecular formula is C22H19N2OYb-. The molecule has 0 saturated heterocycles. The monoisotopic (exact) mass is 501 g/mol. The van der Waals surface area contributed by atoms with Gasteiger partial charge in [0.25, 0.3) is 0 Å². The summed E-state index contributed by atoms with van der Waals surface area (Å²) in [6.07, 6.45) is 1.71. The Morgan fingerprint density at radius 3 is 2.50 bits per heavy atom. The van der Waals surface area contributed by atoms with E-state index in [-0.39, 0.29) is 46.9 Å². The number of aryl methyl sites for hydroxylation is 1. The molecule has 0 aromatic heterocycles. The largest absolute Gasteiger partial charge is 0.411 e. The molecule has 1 aliphatic carbocycles. The molecule has 0 radical (unpaired) electrons. The minimum absolute atomic E-state index is 0. The number of oxime groups is 1. The molecule has 3 nitrogen and oxygen atoms in total. The minimum atomic E-state index is 0. The molecule has 4 heteroatoms. The fourth-order valence-corrected chi connectivity index (χ4v) is 3.61. The molecule has 0 atom stereocenters. The first-order valence-corrected chi connectivity index (χ1v) is 8.44. The van der Waals surface area contributed by atoms with E-state index in [2.05, 4.69) is 42.4 Å². The number of hydrogen-bond acceptors (Lipinski definition) is 3. The van der Waals surface area contributed by atoms with Gasteiger partial charge in [-0.3, -0.25) is 4.99 Å². The molecule has 4 rings (SSSR count). The van der Waals surface area contributed by atoms with E-state index in [1.54, 1.807) is 6.92 Å². The predicted octanol–water partition coefficient (Wildman–Crippen LogP) is 5.02. The fraction of sp³-hybridized carbons (Fsp3) is 0.182. The zero-order valence-electron chi connectivity index (χ0n) is 14.6. The summed E-state index contributed by atoms with van der Waals surface area (Å²) in [7, 11) is 0. The van der Waals surface area contributed by atoms with Gasteiger partial charge < -0.3 is 5.21 Å². The van der Waals surface area contributed by atoms with Gasteiger partial charge in [0, 0.05) is 58.2 Å². The summed E-state index contributed by atoms with van der Waals surface area (Å²) in [6.45, 7) is 3.92. The standard InChI is InChI=1S/C22H19N2O.Yb/c1-14-11-16-7-3-4-9-19(16)21-13-17(12-20(14)21)23-22-10-6-5-8-18(22)15(2)24-25;/h3-10,25H,12-13H2,1-2H3;/q-1;/b23-17?,24-15-;. The number of para-hydroxylation sites is 1. The number of benzene rings is 3. The van der Waals surface area contributed by atoms with E-state index in [0.29, 0.717) is 5.71 Å². The molecule has 0 unspecified atom stereocenters. The van der Waals surface area contributed by atoms with Crippen LogP contribution in [0.3, 0.4) is 0 Å². The van der Waals surface area contributed by atoms with Crippen LogP contribution in [-0.2, 0) is 12.8 Å². The van der Waals surface area contributed by atoms with E-state index in [4.69, 9.17) is 10.2 Å². The van der Waals surface area contributed by atoms with Gasteiger partial charge in [0.1, 0.15) is 0 Å². The van der Waals surface area contributed by atoms with Gasteiger partial charge in [0.05, 0.1) is 11.4 Å². The molecule has 0 aliphatic heterocycles. The Bertz CT molecular complexity index is 1040. The van der Waals surface area contributed by atoms with Crippen LogP contribution in [0.1, 0.15) is 29.2 Å². The molecule has 0 bridgehead atoms. The van der Waals surface area contributed by atoms with Crippen LogP contribution in [0.15, 0.2) is 58.7 Å². The molecule has 0 fully saturated rings.